The van der Waals surface area contributed by atoms with E-state index in [4.69, 9.17) is 5.11 Å². The van der Waals surface area contributed by atoms with E-state index in [-0.39, 0.29) is 5.92 Å². The molecular formula is C25H34N2O3. The molecule has 1 aromatic rings. The van der Waals surface area contributed by atoms with Gasteiger partial charge in [-0.3, -0.25) is 9.59 Å². The molecule has 5 nitrogen and oxygen atoms in total. The molecule has 1 saturated carbocycles. The third-order valence-corrected chi connectivity index (χ3v) is 8.24. The maximum Gasteiger partial charge on any atom is 0.306 e. The van der Waals surface area contributed by atoms with Crippen LogP contribution in [0.15, 0.2) is 18.2 Å². The van der Waals surface area contributed by atoms with Gasteiger partial charge in [0.05, 0.1) is 5.92 Å². The summed E-state index contributed by atoms with van der Waals surface area (Å²) in [6, 6.07) is 6.87. The second-order valence-electron chi connectivity index (χ2n) is 9.95. The van der Waals surface area contributed by atoms with Gasteiger partial charge in [0.15, 0.2) is 0 Å². The van der Waals surface area contributed by atoms with Crippen molar-refractivity contribution in [2.75, 3.05) is 26.2 Å². The summed E-state index contributed by atoms with van der Waals surface area (Å²) in [4.78, 5) is 28.2. The Kier molecular flexibility index (Phi) is 5.57. The van der Waals surface area contributed by atoms with Crippen molar-refractivity contribution in [1.82, 2.24) is 9.80 Å². The molecule has 4 aliphatic heterocycles. The fraction of sp³-hybridized carbons (Fsp3) is 0.680. The number of carbonyl (C=O) groups is 2. The SMILES string of the molecule is O=C(O)C1CCCC1.O=C1c2cccc3c2[C@H](CCC3)CN1[C@@H]1CN2CCC1CC2. The van der Waals surface area contributed by atoms with Gasteiger partial charge >= 0.3 is 5.97 Å². The highest BCUT2D eigenvalue weighted by Crippen LogP contribution is 2.41. The zero-order valence-corrected chi connectivity index (χ0v) is 17.9. The third-order valence-electron chi connectivity index (χ3n) is 8.24. The van der Waals surface area contributed by atoms with Gasteiger partial charge in [0.1, 0.15) is 0 Å². The lowest BCUT2D eigenvalue weighted by atomic mass is 9.75. The van der Waals surface area contributed by atoms with Crippen molar-refractivity contribution < 1.29 is 14.7 Å². The van der Waals surface area contributed by atoms with Crippen molar-refractivity contribution in [3.05, 3.63) is 34.9 Å². The summed E-state index contributed by atoms with van der Waals surface area (Å²) >= 11 is 0. The van der Waals surface area contributed by atoms with E-state index in [2.05, 4.69) is 28.0 Å². The molecule has 0 unspecified atom stereocenters. The van der Waals surface area contributed by atoms with Gasteiger partial charge in [-0.05, 0) is 81.1 Å². The van der Waals surface area contributed by atoms with Crippen molar-refractivity contribution in [3.63, 3.8) is 0 Å². The highest BCUT2D eigenvalue weighted by Gasteiger charge is 2.43. The van der Waals surface area contributed by atoms with Gasteiger partial charge < -0.3 is 14.9 Å². The van der Waals surface area contributed by atoms with Gasteiger partial charge in [0, 0.05) is 30.6 Å². The van der Waals surface area contributed by atoms with Crippen molar-refractivity contribution in [1.29, 1.82) is 0 Å². The van der Waals surface area contributed by atoms with Crippen LogP contribution in [0, 0.1) is 11.8 Å². The van der Waals surface area contributed by atoms with Gasteiger partial charge in [-0.15, -0.1) is 0 Å². The molecule has 30 heavy (non-hydrogen) atoms. The predicted molar refractivity (Wildman–Crippen MR) is 116 cm³/mol. The van der Waals surface area contributed by atoms with E-state index in [1.165, 1.54) is 49.9 Å². The molecule has 4 fully saturated rings. The minimum absolute atomic E-state index is 0.0185. The molecule has 0 radical (unpaired) electrons. The average molecular weight is 411 g/mol. The molecule has 162 valence electrons. The van der Waals surface area contributed by atoms with Crippen LogP contribution in [0.4, 0.5) is 0 Å². The Balaban J connectivity index is 0.000000205. The van der Waals surface area contributed by atoms with Crippen molar-refractivity contribution in [3.8, 4) is 0 Å². The first-order valence-electron chi connectivity index (χ1n) is 12.0. The lowest BCUT2D eigenvalue weighted by molar-refractivity contribution is -0.141. The molecule has 0 aromatic heterocycles. The van der Waals surface area contributed by atoms with E-state index in [1.807, 2.05) is 0 Å². The number of carbonyl (C=O) groups excluding carboxylic acids is 1. The average Bonchev–Trinajstić information content (AvgIpc) is 3.33. The highest BCUT2D eigenvalue weighted by molar-refractivity contribution is 5.98. The molecule has 1 aromatic carbocycles. The standard InChI is InChI=1S/C19H24N2O.C6H10O2/c22-19-16-6-2-4-14-3-1-5-15(18(14)16)11-21(19)17-12-20-9-7-13(17)8-10-20;7-6(8)5-3-1-2-4-5/h2,4,6,13,15,17H,1,3,5,7-12H2;5H,1-4H2,(H,7,8)/t15-,17-;/m1./s1. The summed E-state index contributed by atoms with van der Waals surface area (Å²) in [5.41, 5.74) is 3.86. The Morgan fingerprint density at radius 3 is 2.37 bits per heavy atom. The summed E-state index contributed by atoms with van der Waals surface area (Å²) in [5.74, 6) is 1.02. The summed E-state index contributed by atoms with van der Waals surface area (Å²) in [5, 5.41) is 8.41. The Morgan fingerprint density at radius 2 is 1.73 bits per heavy atom. The quantitative estimate of drug-likeness (QED) is 0.803. The summed E-state index contributed by atoms with van der Waals surface area (Å²) in [6.45, 7) is 4.57. The number of piperidine rings is 3. The van der Waals surface area contributed by atoms with Gasteiger partial charge in [-0.2, -0.15) is 0 Å². The molecule has 2 bridgehead atoms. The molecule has 7 rings (SSSR count). The molecule has 2 aliphatic carbocycles. The smallest absolute Gasteiger partial charge is 0.306 e. The number of hydrogen-bond donors (Lipinski definition) is 1. The van der Waals surface area contributed by atoms with Crippen LogP contribution in [-0.2, 0) is 11.2 Å². The molecule has 4 heterocycles. The number of fused-ring (bicyclic) bond motifs is 3. The van der Waals surface area contributed by atoms with Crippen LogP contribution < -0.4 is 0 Å². The van der Waals surface area contributed by atoms with Gasteiger partial charge in [0.25, 0.3) is 5.91 Å². The van der Waals surface area contributed by atoms with Crippen LogP contribution >= 0.6 is 0 Å². The van der Waals surface area contributed by atoms with Gasteiger partial charge in [-0.25, -0.2) is 0 Å². The number of hydrogen-bond acceptors (Lipinski definition) is 3. The number of nitrogens with zero attached hydrogens (tertiary/aromatic N) is 2. The molecule has 3 saturated heterocycles. The van der Waals surface area contributed by atoms with Crippen LogP contribution in [0.1, 0.15) is 78.8 Å². The summed E-state index contributed by atoms with van der Waals surface area (Å²) in [6.07, 6.45) is 10.3. The lowest BCUT2D eigenvalue weighted by Gasteiger charge is -2.51. The number of carboxylic acid groups (broad SMARTS) is 1. The lowest BCUT2D eigenvalue weighted by Crippen LogP contribution is -2.60. The second-order valence-corrected chi connectivity index (χ2v) is 9.95. The summed E-state index contributed by atoms with van der Waals surface area (Å²) in [7, 11) is 0. The number of carboxylic acids is 1. The minimum Gasteiger partial charge on any atom is -0.481 e. The molecule has 5 heteroatoms. The molecular weight excluding hydrogens is 376 g/mol. The number of amides is 1. The first-order valence-corrected chi connectivity index (χ1v) is 12.0. The maximum atomic E-state index is 13.1. The molecule has 1 amide bonds. The van der Waals surface area contributed by atoms with Gasteiger partial charge in [0.2, 0.25) is 0 Å². The number of aliphatic carboxylic acids is 1. The molecule has 6 aliphatic rings. The van der Waals surface area contributed by atoms with Gasteiger partial charge in [-0.1, -0.05) is 25.0 Å². The fourth-order valence-electron chi connectivity index (χ4n) is 6.59. The van der Waals surface area contributed by atoms with E-state index in [9.17, 15) is 9.59 Å². The van der Waals surface area contributed by atoms with E-state index in [0.717, 1.165) is 56.7 Å². The molecule has 0 spiro atoms. The first-order chi connectivity index (χ1) is 14.6. The van der Waals surface area contributed by atoms with Crippen molar-refractivity contribution in [2.45, 2.75) is 69.7 Å². The number of rotatable bonds is 2. The highest BCUT2D eigenvalue weighted by atomic mass is 16.4. The Hall–Kier alpha value is -1.88. The fourth-order valence-corrected chi connectivity index (χ4v) is 6.59. The Labute approximate surface area is 179 Å². The number of aryl methyl sites for hydroxylation is 1. The van der Waals surface area contributed by atoms with Crippen molar-refractivity contribution in [2.24, 2.45) is 11.8 Å². The minimum atomic E-state index is -0.609. The Bertz CT molecular complexity index is 809. The van der Waals surface area contributed by atoms with E-state index >= 15 is 0 Å². The third kappa shape index (κ3) is 3.66. The molecule has 2 atom stereocenters. The van der Waals surface area contributed by atoms with Crippen LogP contribution in [0.25, 0.3) is 0 Å². The van der Waals surface area contributed by atoms with Crippen LogP contribution in [0.2, 0.25) is 0 Å². The van der Waals surface area contributed by atoms with E-state index in [1.54, 1.807) is 0 Å². The topological polar surface area (TPSA) is 60.9 Å². The largest absolute Gasteiger partial charge is 0.481 e. The molecule has 1 N–H and O–H groups in total. The maximum absolute atomic E-state index is 13.1. The zero-order valence-electron chi connectivity index (χ0n) is 17.9. The Morgan fingerprint density at radius 1 is 0.967 bits per heavy atom. The predicted octanol–water partition coefficient (Wildman–Crippen LogP) is 3.92. The zero-order chi connectivity index (χ0) is 20.7. The normalized spacial score (nSPS) is 32.4. The first kappa shape index (κ1) is 20.0. The van der Waals surface area contributed by atoms with Crippen molar-refractivity contribution >= 4 is 11.9 Å². The summed E-state index contributed by atoms with van der Waals surface area (Å²) < 4.78 is 0. The van der Waals surface area contributed by atoms with E-state index in [0.29, 0.717) is 17.9 Å². The van der Waals surface area contributed by atoms with E-state index < -0.39 is 5.97 Å². The second kappa shape index (κ2) is 8.33. The van der Waals surface area contributed by atoms with Crippen LogP contribution in [0.3, 0.4) is 0 Å². The van der Waals surface area contributed by atoms with Crippen LogP contribution in [-0.4, -0.2) is 59.0 Å². The number of benzene rings is 1. The van der Waals surface area contributed by atoms with Crippen LogP contribution in [0.5, 0.6) is 0 Å². The monoisotopic (exact) mass is 410 g/mol.